The molecule has 0 radical (unpaired) electrons. The number of rotatable bonds is 7. The molecular weight excluding hydrogens is 439 g/mol. The molecule has 1 aliphatic rings. The number of hydrogen-bond acceptors (Lipinski definition) is 3. The number of guanidine groups is 1. The molecule has 1 heterocycles. The van der Waals surface area contributed by atoms with Crippen LogP contribution in [0.5, 0.6) is 0 Å². The molecule has 0 bridgehead atoms. The van der Waals surface area contributed by atoms with E-state index in [0.717, 1.165) is 58.4 Å². The maximum atomic E-state index is 5.39. The van der Waals surface area contributed by atoms with E-state index in [4.69, 9.17) is 9.73 Å². The Hall–Kier alpha value is -0.860. The van der Waals surface area contributed by atoms with Gasteiger partial charge in [0.2, 0.25) is 0 Å². The van der Waals surface area contributed by atoms with E-state index in [1.807, 2.05) is 0 Å². The highest BCUT2D eigenvalue weighted by molar-refractivity contribution is 14.0. The summed E-state index contributed by atoms with van der Waals surface area (Å²) in [6.07, 6.45) is 0. The Kier molecular flexibility index (Phi) is 10.5. The van der Waals surface area contributed by atoms with Crippen molar-refractivity contribution in [1.82, 2.24) is 15.5 Å². The average molecular weight is 474 g/mol. The maximum Gasteiger partial charge on any atom is 0.191 e. The largest absolute Gasteiger partial charge is 0.379 e. The predicted molar refractivity (Wildman–Crippen MR) is 121 cm³/mol. The van der Waals surface area contributed by atoms with Crippen molar-refractivity contribution in [3.8, 4) is 0 Å². The van der Waals surface area contributed by atoms with Crippen molar-refractivity contribution in [1.29, 1.82) is 0 Å². The van der Waals surface area contributed by atoms with Crippen LogP contribution >= 0.6 is 24.0 Å². The molecule has 6 heteroatoms. The van der Waals surface area contributed by atoms with Crippen molar-refractivity contribution < 1.29 is 4.74 Å². The third kappa shape index (κ3) is 7.80. The van der Waals surface area contributed by atoms with Crippen LogP contribution in [-0.4, -0.2) is 63.3 Å². The van der Waals surface area contributed by atoms with Gasteiger partial charge in [0.15, 0.2) is 5.96 Å². The van der Waals surface area contributed by atoms with Crippen LogP contribution in [-0.2, 0) is 10.2 Å². The van der Waals surface area contributed by atoms with Gasteiger partial charge in [-0.1, -0.05) is 43.7 Å². The second-order valence-corrected chi connectivity index (χ2v) is 7.33. The number of ether oxygens (including phenoxy) is 1. The zero-order valence-corrected chi connectivity index (χ0v) is 19.0. The van der Waals surface area contributed by atoms with Crippen LogP contribution in [0.3, 0.4) is 0 Å². The van der Waals surface area contributed by atoms with E-state index in [0.29, 0.717) is 0 Å². The first-order valence-electron chi connectivity index (χ1n) is 9.41. The van der Waals surface area contributed by atoms with E-state index in [1.165, 1.54) is 11.1 Å². The van der Waals surface area contributed by atoms with Gasteiger partial charge in [-0.2, -0.15) is 0 Å². The summed E-state index contributed by atoms with van der Waals surface area (Å²) < 4.78 is 5.39. The minimum Gasteiger partial charge on any atom is -0.379 e. The van der Waals surface area contributed by atoms with Gasteiger partial charge in [0.05, 0.1) is 19.8 Å². The van der Waals surface area contributed by atoms with E-state index in [-0.39, 0.29) is 29.4 Å². The van der Waals surface area contributed by atoms with Crippen LogP contribution < -0.4 is 10.6 Å². The molecule has 0 aliphatic carbocycles. The Morgan fingerprint density at radius 2 is 1.81 bits per heavy atom. The Morgan fingerprint density at radius 1 is 1.15 bits per heavy atom. The zero-order chi connectivity index (χ0) is 18.1. The van der Waals surface area contributed by atoms with Crippen molar-refractivity contribution in [2.75, 3.05) is 52.5 Å². The molecule has 0 spiro atoms. The first-order valence-corrected chi connectivity index (χ1v) is 9.41. The lowest BCUT2D eigenvalue weighted by atomic mass is 9.84. The molecule has 0 amide bonds. The Balaban J connectivity index is 0.00000338. The van der Waals surface area contributed by atoms with Gasteiger partial charge < -0.3 is 15.4 Å². The average Bonchev–Trinajstić information content (AvgIpc) is 2.61. The second kappa shape index (κ2) is 11.8. The van der Waals surface area contributed by atoms with E-state index in [2.05, 4.69) is 67.5 Å². The van der Waals surface area contributed by atoms with Crippen molar-refractivity contribution in [2.24, 2.45) is 4.99 Å². The molecular formula is C20H35IN4O. The summed E-state index contributed by atoms with van der Waals surface area (Å²) in [4.78, 5) is 7.24. The van der Waals surface area contributed by atoms with Crippen LogP contribution in [0, 0.1) is 6.92 Å². The summed E-state index contributed by atoms with van der Waals surface area (Å²) in [6.45, 7) is 16.0. The van der Waals surface area contributed by atoms with Gasteiger partial charge in [0.25, 0.3) is 0 Å². The molecule has 0 unspecified atom stereocenters. The van der Waals surface area contributed by atoms with Crippen molar-refractivity contribution >= 4 is 29.9 Å². The molecule has 148 valence electrons. The highest BCUT2D eigenvalue weighted by atomic mass is 127. The molecule has 2 N–H and O–H groups in total. The van der Waals surface area contributed by atoms with Crippen molar-refractivity contribution in [3.63, 3.8) is 0 Å². The van der Waals surface area contributed by atoms with E-state index in [1.54, 1.807) is 0 Å². The van der Waals surface area contributed by atoms with Gasteiger partial charge in [-0.3, -0.25) is 9.89 Å². The van der Waals surface area contributed by atoms with Gasteiger partial charge in [-0.15, -0.1) is 24.0 Å². The smallest absolute Gasteiger partial charge is 0.191 e. The number of morpholine rings is 1. The third-order valence-corrected chi connectivity index (χ3v) is 4.63. The number of nitrogens with zero attached hydrogens (tertiary/aromatic N) is 2. The van der Waals surface area contributed by atoms with E-state index in [9.17, 15) is 0 Å². The SMILES string of the molecule is CCNC(=NCC(C)(C)c1ccc(C)cc1)NCCN1CCOCC1.I. The zero-order valence-electron chi connectivity index (χ0n) is 16.7. The second-order valence-electron chi connectivity index (χ2n) is 7.33. The first-order chi connectivity index (χ1) is 12.0. The van der Waals surface area contributed by atoms with Crippen LogP contribution in [0.4, 0.5) is 0 Å². The number of hydrogen-bond donors (Lipinski definition) is 2. The molecule has 2 rings (SSSR count). The van der Waals surface area contributed by atoms with Gasteiger partial charge in [-0.05, 0) is 19.4 Å². The van der Waals surface area contributed by atoms with E-state index >= 15 is 0 Å². The lowest BCUT2D eigenvalue weighted by molar-refractivity contribution is 0.0389. The van der Waals surface area contributed by atoms with Gasteiger partial charge in [0.1, 0.15) is 0 Å². The molecule has 1 saturated heterocycles. The predicted octanol–water partition coefficient (Wildman–Crippen LogP) is 2.78. The van der Waals surface area contributed by atoms with Crippen LogP contribution in [0.1, 0.15) is 31.9 Å². The minimum absolute atomic E-state index is 0. The first kappa shape index (κ1) is 23.2. The molecule has 26 heavy (non-hydrogen) atoms. The summed E-state index contributed by atoms with van der Waals surface area (Å²) >= 11 is 0. The molecule has 5 nitrogen and oxygen atoms in total. The monoisotopic (exact) mass is 474 g/mol. The number of aliphatic imine (C=N–C) groups is 1. The summed E-state index contributed by atoms with van der Waals surface area (Å²) in [6, 6.07) is 8.77. The van der Waals surface area contributed by atoms with Gasteiger partial charge in [-0.25, -0.2) is 0 Å². The quantitative estimate of drug-likeness (QED) is 0.363. The number of nitrogens with one attached hydrogen (secondary N) is 2. The number of halogens is 1. The highest BCUT2D eigenvalue weighted by Crippen LogP contribution is 2.23. The number of aryl methyl sites for hydroxylation is 1. The fourth-order valence-electron chi connectivity index (χ4n) is 2.87. The molecule has 0 atom stereocenters. The standard InChI is InChI=1S/C20H34N4O.HI/c1-5-21-19(22-10-11-24-12-14-25-15-13-24)23-16-20(3,4)18-8-6-17(2)7-9-18;/h6-9H,5,10-16H2,1-4H3,(H2,21,22,23);1H. The molecule has 1 aromatic carbocycles. The molecule has 1 aliphatic heterocycles. The molecule has 1 aromatic rings. The maximum absolute atomic E-state index is 5.39. The third-order valence-electron chi connectivity index (χ3n) is 4.63. The normalized spacial score (nSPS) is 16.1. The lowest BCUT2D eigenvalue weighted by Gasteiger charge is -2.27. The molecule has 0 aromatic heterocycles. The van der Waals surface area contributed by atoms with Crippen molar-refractivity contribution in [2.45, 2.75) is 33.1 Å². The van der Waals surface area contributed by atoms with Gasteiger partial charge >= 0.3 is 0 Å². The van der Waals surface area contributed by atoms with E-state index < -0.39 is 0 Å². The summed E-state index contributed by atoms with van der Waals surface area (Å²) in [5, 5.41) is 6.81. The minimum atomic E-state index is 0. The fraction of sp³-hybridized carbons (Fsp3) is 0.650. The Morgan fingerprint density at radius 3 is 2.42 bits per heavy atom. The van der Waals surface area contributed by atoms with Gasteiger partial charge in [0, 0.05) is 38.1 Å². The molecule has 1 fully saturated rings. The van der Waals surface area contributed by atoms with Crippen LogP contribution in [0.2, 0.25) is 0 Å². The van der Waals surface area contributed by atoms with Crippen LogP contribution in [0.15, 0.2) is 29.3 Å². The summed E-state index contributed by atoms with van der Waals surface area (Å²) in [5.74, 6) is 0.899. The highest BCUT2D eigenvalue weighted by Gasteiger charge is 2.20. The fourth-order valence-corrected chi connectivity index (χ4v) is 2.87. The summed E-state index contributed by atoms with van der Waals surface area (Å²) in [7, 11) is 0. The van der Waals surface area contributed by atoms with Crippen LogP contribution in [0.25, 0.3) is 0 Å². The van der Waals surface area contributed by atoms with Crippen molar-refractivity contribution in [3.05, 3.63) is 35.4 Å². The topological polar surface area (TPSA) is 48.9 Å². The lowest BCUT2D eigenvalue weighted by Crippen LogP contribution is -2.44. The number of benzene rings is 1. The molecule has 0 saturated carbocycles. The Labute approximate surface area is 176 Å². The Bertz CT molecular complexity index is 539. The summed E-state index contributed by atoms with van der Waals surface area (Å²) in [5.41, 5.74) is 2.63.